The average Bonchev–Trinajstić information content (AvgIpc) is 3.29. The van der Waals surface area contributed by atoms with Crippen molar-refractivity contribution < 1.29 is 24.2 Å². The number of ether oxygens (including phenoxy) is 1. The summed E-state index contributed by atoms with van der Waals surface area (Å²) < 4.78 is 11.9. The second-order valence-corrected chi connectivity index (χ2v) is 7.57. The summed E-state index contributed by atoms with van der Waals surface area (Å²) in [5.74, 6) is -0.430. The third kappa shape index (κ3) is 4.96. The molecule has 3 aromatic rings. The number of nitrogens with zero attached hydrogens (tertiary/aromatic N) is 2. The van der Waals surface area contributed by atoms with Crippen LogP contribution in [-0.2, 0) is 11.3 Å². The van der Waals surface area contributed by atoms with E-state index in [9.17, 15) is 20.0 Å². The molecule has 9 heteroatoms. The molecule has 1 aromatic carbocycles. The number of aromatic nitrogens is 1. The molecule has 2 heterocycles. The van der Waals surface area contributed by atoms with Crippen molar-refractivity contribution in [3.8, 4) is 23.3 Å². The Kier molecular flexibility index (Phi) is 7.74. The van der Waals surface area contributed by atoms with Gasteiger partial charge in [0.15, 0.2) is 0 Å². The number of carbonyl (C=O) groups is 1. The highest BCUT2D eigenvalue weighted by molar-refractivity contribution is 6.33. The van der Waals surface area contributed by atoms with Crippen molar-refractivity contribution in [1.82, 2.24) is 4.57 Å². The molecule has 0 radical (unpaired) electrons. The van der Waals surface area contributed by atoms with E-state index < -0.39 is 17.4 Å². The molecule has 0 amide bonds. The lowest BCUT2D eigenvalue weighted by atomic mass is 10.1. The summed E-state index contributed by atoms with van der Waals surface area (Å²) in [7, 11) is 0. The van der Waals surface area contributed by atoms with Gasteiger partial charge in [-0.2, -0.15) is 5.26 Å². The fourth-order valence-corrected chi connectivity index (χ4v) is 3.45. The van der Waals surface area contributed by atoms with Gasteiger partial charge in [0.1, 0.15) is 29.8 Å². The number of esters is 1. The fraction of sp³-hybridized carbons (Fsp3) is 0.160. The molecule has 8 nitrogen and oxygen atoms in total. The minimum atomic E-state index is -0.608. The molecule has 174 valence electrons. The number of aliphatic hydroxyl groups excluding tert-OH is 1. The zero-order chi connectivity index (χ0) is 24.8. The van der Waals surface area contributed by atoms with Crippen LogP contribution in [0.2, 0.25) is 5.02 Å². The van der Waals surface area contributed by atoms with Gasteiger partial charge in [-0.05, 0) is 42.8 Å². The molecule has 0 aliphatic carbocycles. The van der Waals surface area contributed by atoms with Crippen LogP contribution < -0.4 is 16.0 Å². The third-order valence-electron chi connectivity index (χ3n) is 4.95. The van der Waals surface area contributed by atoms with E-state index in [2.05, 4.69) is 13.2 Å². The molecule has 0 saturated carbocycles. The van der Waals surface area contributed by atoms with E-state index in [0.717, 1.165) is 4.57 Å². The number of carbonyl (C=O) groups excluding carboxylic acids is 1. The third-order valence-corrected chi connectivity index (χ3v) is 5.28. The molecule has 0 aliphatic heterocycles. The van der Waals surface area contributed by atoms with Crippen LogP contribution in [0.4, 0.5) is 0 Å². The Hall–Kier alpha value is -4.06. The van der Waals surface area contributed by atoms with E-state index in [0.29, 0.717) is 11.3 Å². The zero-order valence-electron chi connectivity index (χ0n) is 18.1. The number of aliphatic hydroxyl groups is 1. The predicted molar refractivity (Wildman–Crippen MR) is 127 cm³/mol. The quantitative estimate of drug-likeness (QED) is 0.374. The fourth-order valence-electron chi connectivity index (χ4n) is 3.25. The van der Waals surface area contributed by atoms with Gasteiger partial charge in [0.25, 0.3) is 5.56 Å². The highest BCUT2D eigenvalue weighted by atomic mass is 35.5. The average molecular weight is 481 g/mol. The van der Waals surface area contributed by atoms with Gasteiger partial charge in [0.05, 0.1) is 15.8 Å². The number of pyridine rings is 1. The van der Waals surface area contributed by atoms with Gasteiger partial charge in [-0.25, -0.2) is 4.79 Å². The van der Waals surface area contributed by atoms with Crippen molar-refractivity contribution in [2.75, 3.05) is 13.2 Å². The van der Waals surface area contributed by atoms with Gasteiger partial charge in [0.2, 0.25) is 5.88 Å². The monoisotopic (exact) mass is 480 g/mol. The minimum Gasteiger partial charge on any atom is -0.493 e. The number of nitriles is 1. The van der Waals surface area contributed by atoms with Crippen molar-refractivity contribution in [3.63, 3.8) is 0 Å². The lowest BCUT2D eigenvalue weighted by Gasteiger charge is -2.09. The Morgan fingerprint density at radius 3 is 2.76 bits per heavy atom. The molecule has 0 spiro atoms. The lowest BCUT2D eigenvalue weighted by molar-refractivity contribution is 0.0550. The summed E-state index contributed by atoms with van der Waals surface area (Å²) in [6.07, 6.45) is 3.08. The van der Waals surface area contributed by atoms with Gasteiger partial charge in [-0.3, -0.25) is 9.36 Å². The highest BCUT2D eigenvalue weighted by Gasteiger charge is 2.16. The Labute approximate surface area is 199 Å². The van der Waals surface area contributed by atoms with E-state index in [4.69, 9.17) is 25.9 Å². The molecular weight excluding hydrogens is 460 g/mol. The molecule has 2 N–H and O–H groups in total. The summed E-state index contributed by atoms with van der Waals surface area (Å²) in [5, 5.41) is 29.1. The van der Waals surface area contributed by atoms with Crippen LogP contribution in [0.15, 0.2) is 52.2 Å². The Balaban J connectivity index is 2.07. The van der Waals surface area contributed by atoms with E-state index >= 15 is 0 Å². The summed E-state index contributed by atoms with van der Waals surface area (Å²) >= 11 is 6.13. The van der Waals surface area contributed by atoms with E-state index in [1.807, 2.05) is 6.07 Å². The largest absolute Gasteiger partial charge is 0.493 e. The predicted octanol–water partition coefficient (Wildman–Crippen LogP) is 2.30. The van der Waals surface area contributed by atoms with Crippen molar-refractivity contribution >= 4 is 30.2 Å². The lowest BCUT2D eigenvalue weighted by Crippen LogP contribution is -2.46. The molecular formula is C25H21ClN2O6. The van der Waals surface area contributed by atoms with Gasteiger partial charge >= 0.3 is 5.97 Å². The Bertz CT molecular complexity index is 1460. The van der Waals surface area contributed by atoms with Crippen LogP contribution in [0, 0.1) is 11.3 Å². The van der Waals surface area contributed by atoms with E-state index in [1.54, 1.807) is 24.3 Å². The van der Waals surface area contributed by atoms with E-state index in [1.165, 1.54) is 18.2 Å². The SMILES string of the molecule is C=CCOC(=O)c1cc(-c2ccc(C=c3c(=C)c(C#N)c(O)n(CCCO)c3=O)o2)ccc1Cl. The number of furan rings is 1. The standard InChI is InChI=1S/C25H21ClN2O6/c1-3-11-33-25(32)19-12-16(5-7-21(19)26)22-8-6-17(34-22)13-18-15(2)20(14-27)24(31)28(23(18)30)9-4-10-29/h3,5-8,12-13,29,31H,1-2,4,9-11H2. The highest BCUT2D eigenvalue weighted by Crippen LogP contribution is 2.27. The van der Waals surface area contributed by atoms with Crippen molar-refractivity contribution in [2.45, 2.75) is 13.0 Å². The van der Waals surface area contributed by atoms with Gasteiger partial charge in [0, 0.05) is 23.9 Å². The normalized spacial score (nSPS) is 11.3. The maximum Gasteiger partial charge on any atom is 0.339 e. The number of aromatic hydroxyl groups is 1. The van der Waals surface area contributed by atoms with Crippen LogP contribution in [0.25, 0.3) is 24.0 Å². The summed E-state index contributed by atoms with van der Waals surface area (Å²) in [6.45, 7) is 7.14. The molecule has 0 fully saturated rings. The maximum absolute atomic E-state index is 12.9. The topological polar surface area (TPSA) is 126 Å². The number of hydrogen-bond donors (Lipinski definition) is 2. The van der Waals surface area contributed by atoms with Gasteiger partial charge in [-0.1, -0.05) is 30.8 Å². The van der Waals surface area contributed by atoms with Crippen LogP contribution in [0.5, 0.6) is 5.88 Å². The number of hydrogen-bond acceptors (Lipinski definition) is 7. The maximum atomic E-state index is 12.9. The first kappa shape index (κ1) is 24.6. The van der Waals surface area contributed by atoms with Crippen LogP contribution >= 0.6 is 11.6 Å². The molecule has 3 rings (SSSR count). The van der Waals surface area contributed by atoms with Crippen molar-refractivity contribution in [1.29, 1.82) is 5.26 Å². The molecule has 0 saturated heterocycles. The molecule has 0 unspecified atom stereocenters. The first-order chi connectivity index (χ1) is 16.3. The second kappa shape index (κ2) is 10.7. The zero-order valence-corrected chi connectivity index (χ0v) is 18.8. The number of benzene rings is 1. The first-order valence-electron chi connectivity index (χ1n) is 10.2. The Morgan fingerprint density at radius 1 is 1.32 bits per heavy atom. The van der Waals surface area contributed by atoms with Crippen LogP contribution in [0.3, 0.4) is 0 Å². The number of halogens is 1. The molecule has 2 aromatic heterocycles. The number of rotatable bonds is 8. The summed E-state index contributed by atoms with van der Waals surface area (Å²) in [6, 6.07) is 9.84. The van der Waals surface area contributed by atoms with Gasteiger partial charge in [-0.15, -0.1) is 0 Å². The summed E-state index contributed by atoms with van der Waals surface area (Å²) in [4.78, 5) is 25.2. The van der Waals surface area contributed by atoms with Gasteiger partial charge < -0.3 is 19.4 Å². The molecule has 34 heavy (non-hydrogen) atoms. The summed E-state index contributed by atoms with van der Waals surface area (Å²) in [5.41, 5.74) is -0.0113. The van der Waals surface area contributed by atoms with Crippen LogP contribution in [0.1, 0.15) is 28.1 Å². The van der Waals surface area contributed by atoms with Crippen molar-refractivity contribution in [2.24, 2.45) is 0 Å². The van der Waals surface area contributed by atoms with Crippen molar-refractivity contribution in [3.05, 3.63) is 85.7 Å². The van der Waals surface area contributed by atoms with E-state index in [-0.39, 0.29) is 58.5 Å². The molecule has 0 bridgehead atoms. The second-order valence-electron chi connectivity index (χ2n) is 7.16. The minimum absolute atomic E-state index is 0.0237. The first-order valence-corrected chi connectivity index (χ1v) is 10.5. The van der Waals surface area contributed by atoms with Crippen LogP contribution in [-0.4, -0.2) is 34.0 Å². The smallest absolute Gasteiger partial charge is 0.339 e. The molecule has 0 atom stereocenters. The molecule has 0 aliphatic rings. The Morgan fingerprint density at radius 2 is 2.09 bits per heavy atom.